The third-order valence-corrected chi connectivity index (χ3v) is 2.60. The molecule has 0 bridgehead atoms. The number of ether oxygens (including phenoxy) is 1. The number of nitrogens with two attached hydrogens (primary N) is 1. The molecule has 0 saturated carbocycles. The first-order valence-corrected chi connectivity index (χ1v) is 6.04. The number of carbonyl (C=O) groups is 1. The van der Waals surface area contributed by atoms with E-state index in [1.807, 2.05) is 0 Å². The molecule has 1 aromatic rings. The van der Waals surface area contributed by atoms with E-state index in [1.54, 1.807) is 18.2 Å². The lowest BCUT2D eigenvalue weighted by atomic mass is 10.1. The second-order valence-corrected chi connectivity index (χ2v) is 4.69. The molecular weight excluding hydrogens is 214 g/mol. The van der Waals surface area contributed by atoms with Gasteiger partial charge in [-0.1, -0.05) is 13.8 Å². The molecule has 0 atom stereocenters. The van der Waals surface area contributed by atoms with Gasteiger partial charge in [0.25, 0.3) is 0 Å². The largest absolute Gasteiger partial charge is 0.494 e. The van der Waals surface area contributed by atoms with Crippen LogP contribution in [0.25, 0.3) is 0 Å². The lowest BCUT2D eigenvalue weighted by Gasteiger charge is -2.09. The van der Waals surface area contributed by atoms with E-state index in [0.717, 1.165) is 12.8 Å². The number of Topliss-reactive ketones (excluding diaryl/α,β-unsaturated/α-hetero) is 1. The Labute approximate surface area is 103 Å². The van der Waals surface area contributed by atoms with Crippen LogP contribution in [0.1, 0.15) is 44.0 Å². The summed E-state index contributed by atoms with van der Waals surface area (Å²) < 4.78 is 5.59. The molecule has 0 aliphatic carbocycles. The Morgan fingerprint density at radius 2 is 2.12 bits per heavy atom. The van der Waals surface area contributed by atoms with E-state index in [-0.39, 0.29) is 5.78 Å². The van der Waals surface area contributed by atoms with Crippen LogP contribution in [0.2, 0.25) is 0 Å². The first kappa shape index (κ1) is 13.6. The summed E-state index contributed by atoms with van der Waals surface area (Å²) >= 11 is 0. The van der Waals surface area contributed by atoms with Gasteiger partial charge in [-0.25, -0.2) is 0 Å². The highest BCUT2D eigenvalue weighted by molar-refractivity contribution is 5.99. The molecule has 1 rings (SSSR count). The van der Waals surface area contributed by atoms with Crippen LogP contribution < -0.4 is 10.5 Å². The molecule has 0 radical (unpaired) electrons. The summed E-state index contributed by atoms with van der Waals surface area (Å²) in [6.45, 7) is 6.57. The van der Waals surface area contributed by atoms with E-state index in [4.69, 9.17) is 10.5 Å². The summed E-state index contributed by atoms with van der Waals surface area (Å²) in [6.07, 6.45) is 2.17. The molecule has 0 aromatic heterocycles. The van der Waals surface area contributed by atoms with Crippen molar-refractivity contribution in [2.75, 3.05) is 12.3 Å². The fourth-order valence-electron chi connectivity index (χ4n) is 1.61. The number of benzene rings is 1. The lowest BCUT2D eigenvalue weighted by molar-refractivity contribution is 0.101. The van der Waals surface area contributed by atoms with Gasteiger partial charge in [-0.2, -0.15) is 0 Å². The molecule has 1 aromatic carbocycles. The van der Waals surface area contributed by atoms with Gasteiger partial charge in [-0.05, 0) is 43.9 Å². The van der Waals surface area contributed by atoms with Gasteiger partial charge in [-0.3, -0.25) is 4.79 Å². The number of anilines is 1. The number of rotatable bonds is 6. The molecule has 2 N–H and O–H groups in total. The minimum Gasteiger partial charge on any atom is -0.494 e. The monoisotopic (exact) mass is 235 g/mol. The number of ketones is 1. The van der Waals surface area contributed by atoms with Crippen LogP contribution in [-0.2, 0) is 0 Å². The molecule has 0 heterocycles. The number of hydrogen-bond acceptors (Lipinski definition) is 3. The molecule has 0 aliphatic heterocycles. The average Bonchev–Trinajstić information content (AvgIpc) is 2.25. The molecular formula is C14H21NO2. The fraction of sp³-hybridized carbons (Fsp3) is 0.500. The van der Waals surface area contributed by atoms with Crippen LogP contribution in [0.3, 0.4) is 0 Å². The Bertz CT molecular complexity index is 386. The quantitative estimate of drug-likeness (QED) is 0.467. The predicted octanol–water partition coefficient (Wildman–Crippen LogP) is 3.29. The number of carbonyl (C=O) groups excluding carboxylic acids is 1. The van der Waals surface area contributed by atoms with E-state index >= 15 is 0 Å². The molecule has 3 heteroatoms. The zero-order valence-electron chi connectivity index (χ0n) is 10.8. The Balaban J connectivity index is 2.54. The van der Waals surface area contributed by atoms with Crippen molar-refractivity contribution in [1.29, 1.82) is 0 Å². The van der Waals surface area contributed by atoms with Crippen LogP contribution >= 0.6 is 0 Å². The Morgan fingerprint density at radius 1 is 1.41 bits per heavy atom. The molecule has 0 aliphatic rings. The third-order valence-electron chi connectivity index (χ3n) is 2.60. The normalized spacial score (nSPS) is 10.6. The van der Waals surface area contributed by atoms with Crippen LogP contribution in [0.5, 0.6) is 5.75 Å². The molecule has 0 amide bonds. The van der Waals surface area contributed by atoms with Gasteiger partial charge in [0, 0.05) is 11.3 Å². The van der Waals surface area contributed by atoms with Gasteiger partial charge in [0.15, 0.2) is 5.78 Å². The smallest absolute Gasteiger partial charge is 0.162 e. The zero-order chi connectivity index (χ0) is 12.8. The van der Waals surface area contributed by atoms with Gasteiger partial charge in [0.05, 0.1) is 6.61 Å². The van der Waals surface area contributed by atoms with Crippen molar-refractivity contribution in [2.24, 2.45) is 5.92 Å². The first-order chi connectivity index (χ1) is 8.00. The second-order valence-electron chi connectivity index (χ2n) is 4.69. The molecule has 3 nitrogen and oxygen atoms in total. The summed E-state index contributed by atoms with van der Waals surface area (Å²) in [4.78, 5) is 11.3. The molecule has 94 valence electrons. The summed E-state index contributed by atoms with van der Waals surface area (Å²) in [5.74, 6) is 1.38. The topological polar surface area (TPSA) is 52.3 Å². The van der Waals surface area contributed by atoms with Crippen LogP contribution in [-0.4, -0.2) is 12.4 Å². The molecule has 17 heavy (non-hydrogen) atoms. The van der Waals surface area contributed by atoms with Gasteiger partial charge < -0.3 is 10.5 Å². The number of nitrogen functional groups attached to an aromatic ring is 1. The van der Waals surface area contributed by atoms with Crippen molar-refractivity contribution in [2.45, 2.75) is 33.6 Å². The maximum absolute atomic E-state index is 11.3. The van der Waals surface area contributed by atoms with Crippen LogP contribution in [0, 0.1) is 5.92 Å². The number of hydrogen-bond donors (Lipinski definition) is 1. The fourth-order valence-corrected chi connectivity index (χ4v) is 1.61. The highest BCUT2D eigenvalue weighted by Crippen LogP contribution is 2.20. The minimum atomic E-state index is -0.0323. The third kappa shape index (κ3) is 4.47. The van der Waals surface area contributed by atoms with Crippen molar-refractivity contribution in [3.63, 3.8) is 0 Å². The maximum atomic E-state index is 11.3. The van der Waals surface area contributed by atoms with E-state index in [1.165, 1.54) is 6.92 Å². The molecule has 0 spiro atoms. The van der Waals surface area contributed by atoms with Crippen LogP contribution in [0.15, 0.2) is 18.2 Å². The van der Waals surface area contributed by atoms with E-state index in [9.17, 15) is 4.79 Å². The minimum absolute atomic E-state index is 0.0323. The van der Waals surface area contributed by atoms with E-state index in [0.29, 0.717) is 29.5 Å². The van der Waals surface area contributed by atoms with Crippen molar-refractivity contribution in [3.05, 3.63) is 23.8 Å². The second kappa shape index (κ2) is 6.28. The van der Waals surface area contributed by atoms with Crippen molar-refractivity contribution >= 4 is 11.5 Å². The maximum Gasteiger partial charge on any atom is 0.162 e. The van der Waals surface area contributed by atoms with Gasteiger partial charge in [0.1, 0.15) is 5.75 Å². The highest BCUT2D eigenvalue weighted by atomic mass is 16.5. The average molecular weight is 235 g/mol. The Morgan fingerprint density at radius 3 is 2.71 bits per heavy atom. The van der Waals surface area contributed by atoms with Gasteiger partial charge >= 0.3 is 0 Å². The SMILES string of the molecule is CC(=O)c1cc(OCCCC(C)C)ccc1N. The van der Waals surface area contributed by atoms with Crippen molar-refractivity contribution in [3.8, 4) is 5.75 Å². The van der Waals surface area contributed by atoms with Crippen molar-refractivity contribution in [1.82, 2.24) is 0 Å². The van der Waals surface area contributed by atoms with Crippen LogP contribution in [0.4, 0.5) is 5.69 Å². The Hall–Kier alpha value is -1.51. The van der Waals surface area contributed by atoms with E-state index in [2.05, 4.69) is 13.8 Å². The molecule has 0 saturated heterocycles. The highest BCUT2D eigenvalue weighted by Gasteiger charge is 2.06. The van der Waals surface area contributed by atoms with Crippen molar-refractivity contribution < 1.29 is 9.53 Å². The summed E-state index contributed by atoms with van der Waals surface area (Å²) in [7, 11) is 0. The summed E-state index contributed by atoms with van der Waals surface area (Å²) in [6, 6.07) is 5.23. The molecule has 0 fully saturated rings. The first-order valence-electron chi connectivity index (χ1n) is 6.04. The van der Waals surface area contributed by atoms with E-state index < -0.39 is 0 Å². The molecule has 0 unspecified atom stereocenters. The van der Waals surface area contributed by atoms with Gasteiger partial charge in [0.2, 0.25) is 0 Å². The van der Waals surface area contributed by atoms with Gasteiger partial charge in [-0.15, -0.1) is 0 Å². The summed E-state index contributed by atoms with van der Waals surface area (Å²) in [5, 5.41) is 0. The predicted molar refractivity (Wildman–Crippen MR) is 70.4 cm³/mol. The standard InChI is InChI=1S/C14H21NO2/c1-10(2)5-4-8-17-12-6-7-14(15)13(9-12)11(3)16/h6-7,9-10H,4-5,8,15H2,1-3H3. The zero-order valence-corrected chi connectivity index (χ0v) is 10.8. The summed E-state index contributed by atoms with van der Waals surface area (Å²) in [5.41, 5.74) is 6.75. The Kier molecular flexibility index (Phi) is 5.01. The lowest BCUT2D eigenvalue weighted by Crippen LogP contribution is -2.03.